The predicted molar refractivity (Wildman–Crippen MR) is 61.5 cm³/mol. The van der Waals surface area contributed by atoms with Crippen molar-refractivity contribution in [1.82, 2.24) is 15.0 Å². The Balaban J connectivity index is 3.22. The van der Waals surface area contributed by atoms with Gasteiger partial charge in [0.15, 0.2) is 0 Å². The number of nitrogens with one attached hydrogen (secondary N) is 2. The van der Waals surface area contributed by atoms with E-state index in [1.54, 1.807) is 13.8 Å². The summed E-state index contributed by atoms with van der Waals surface area (Å²) in [4.78, 5) is 52.9. The molecule has 0 saturated carbocycles. The highest BCUT2D eigenvalue weighted by molar-refractivity contribution is 5.99. The van der Waals surface area contributed by atoms with Gasteiger partial charge < -0.3 is 9.47 Å². The lowest BCUT2D eigenvalue weighted by Crippen LogP contribution is -2.34. The first-order valence-electron chi connectivity index (χ1n) is 5.53. The minimum atomic E-state index is -1.59. The molecule has 1 heterocycles. The van der Waals surface area contributed by atoms with Crippen LogP contribution in [0.1, 0.15) is 25.6 Å². The third-order valence-electron chi connectivity index (χ3n) is 2.00. The molecule has 2 N–H and O–H groups in total. The van der Waals surface area contributed by atoms with Gasteiger partial charge in [-0.2, -0.15) is 4.98 Å². The van der Waals surface area contributed by atoms with Gasteiger partial charge in [-0.3, -0.25) is 19.6 Å². The van der Waals surface area contributed by atoms with Gasteiger partial charge in [-0.05, 0) is 13.8 Å². The molecule has 0 aliphatic carbocycles. The molecule has 9 heteroatoms. The molecule has 0 fully saturated rings. The summed E-state index contributed by atoms with van der Waals surface area (Å²) in [5.41, 5.74) is -1.86. The number of rotatable bonds is 5. The zero-order valence-electron chi connectivity index (χ0n) is 10.4. The van der Waals surface area contributed by atoms with Gasteiger partial charge in [0.05, 0.1) is 13.2 Å². The Morgan fingerprint density at radius 2 is 1.63 bits per heavy atom. The molecule has 1 aromatic heterocycles. The second-order valence-corrected chi connectivity index (χ2v) is 3.32. The maximum atomic E-state index is 11.7. The summed E-state index contributed by atoms with van der Waals surface area (Å²) in [5.74, 6) is -3.90. The van der Waals surface area contributed by atoms with Crippen LogP contribution >= 0.6 is 0 Å². The van der Waals surface area contributed by atoms with Gasteiger partial charge in [-0.1, -0.05) is 0 Å². The number of carbonyl (C=O) groups excluding carboxylic acids is 2. The van der Waals surface area contributed by atoms with Crippen LogP contribution in [0.3, 0.4) is 0 Å². The van der Waals surface area contributed by atoms with Crippen molar-refractivity contribution in [2.24, 2.45) is 0 Å². The molecular weight excluding hydrogens is 258 g/mol. The minimum Gasteiger partial charge on any atom is -0.465 e. The van der Waals surface area contributed by atoms with E-state index in [0.29, 0.717) is 0 Å². The van der Waals surface area contributed by atoms with E-state index in [4.69, 9.17) is 9.47 Å². The highest BCUT2D eigenvalue weighted by atomic mass is 16.6. The van der Waals surface area contributed by atoms with E-state index in [0.717, 1.165) is 0 Å². The second-order valence-electron chi connectivity index (χ2n) is 3.32. The van der Waals surface area contributed by atoms with E-state index < -0.39 is 35.1 Å². The van der Waals surface area contributed by atoms with Crippen molar-refractivity contribution < 1.29 is 19.1 Å². The van der Waals surface area contributed by atoms with Crippen LogP contribution in [0.25, 0.3) is 0 Å². The summed E-state index contributed by atoms with van der Waals surface area (Å²) in [6.45, 7) is 3.16. The van der Waals surface area contributed by atoms with Gasteiger partial charge in [-0.15, -0.1) is 0 Å². The van der Waals surface area contributed by atoms with E-state index in [2.05, 4.69) is 9.97 Å². The summed E-state index contributed by atoms with van der Waals surface area (Å²) in [5, 5.41) is 0. The first-order valence-corrected chi connectivity index (χ1v) is 5.53. The SMILES string of the molecule is CCOC(=O)C(C(=O)OCC)c1nc(=O)[nH]c(=O)[nH]1. The summed E-state index contributed by atoms with van der Waals surface area (Å²) < 4.78 is 9.38. The monoisotopic (exact) mass is 271 g/mol. The fourth-order valence-electron chi connectivity index (χ4n) is 1.32. The number of hydrogen-bond acceptors (Lipinski definition) is 7. The molecule has 0 bridgehead atoms. The number of esters is 2. The van der Waals surface area contributed by atoms with E-state index in [1.807, 2.05) is 4.98 Å². The van der Waals surface area contributed by atoms with Crippen molar-refractivity contribution in [1.29, 1.82) is 0 Å². The topological polar surface area (TPSA) is 131 Å². The quantitative estimate of drug-likeness (QED) is 0.500. The fraction of sp³-hybridized carbons (Fsp3) is 0.500. The number of hydrogen-bond donors (Lipinski definition) is 2. The third-order valence-corrected chi connectivity index (χ3v) is 2.00. The Morgan fingerprint density at radius 1 is 1.11 bits per heavy atom. The molecule has 0 radical (unpaired) electrons. The molecular formula is C10H13N3O6. The van der Waals surface area contributed by atoms with Crippen LogP contribution < -0.4 is 11.4 Å². The van der Waals surface area contributed by atoms with Gasteiger partial charge in [-0.25, -0.2) is 9.59 Å². The molecule has 0 aromatic carbocycles. The summed E-state index contributed by atoms with van der Waals surface area (Å²) in [7, 11) is 0. The average Bonchev–Trinajstić information content (AvgIpc) is 2.28. The number of carbonyl (C=O) groups is 2. The Labute approximate surface area is 107 Å². The van der Waals surface area contributed by atoms with Crippen LogP contribution in [-0.2, 0) is 19.1 Å². The fourth-order valence-corrected chi connectivity index (χ4v) is 1.32. The van der Waals surface area contributed by atoms with Crippen LogP contribution in [0, 0.1) is 0 Å². The van der Waals surface area contributed by atoms with Gasteiger partial charge in [0, 0.05) is 0 Å². The van der Waals surface area contributed by atoms with Crippen LogP contribution in [-0.4, -0.2) is 40.1 Å². The number of ether oxygens (including phenoxy) is 2. The lowest BCUT2D eigenvalue weighted by Gasteiger charge is -2.12. The van der Waals surface area contributed by atoms with Crippen molar-refractivity contribution >= 4 is 11.9 Å². The normalized spacial score (nSPS) is 10.3. The zero-order chi connectivity index (χ0) is 14.4. The van der Waals surface area contributed by atoms with Crippen LogP contribution in [0.5, 0.6) is 0 Å². The molecule has 1 aromatic rings. The second kappa shape index (κ2) is 6.47. The van der Waals surface area contributed by atoms with E-state index in [-0.39, 0.29) is 13.2 Å². The summed E-state index contributed by atoms with van der Waals surface area (Å²) >= 11 is 0. The zero-order valence-corrected chi connectivity index (χ0v) is 10.4. The summed E-state index contributed by atoms with van der Waals surface area (Å²) in [6, 6.07) is 0. The highest BCUT2D eigenvalue weighted by Gasteiger charge is 2.34. The van der Waals surface area contributed by atoms with Gasteiger partial charge in [0.2, 0.25) is 5.92 Å². The van der Waals surface area contributed by atoms with Crippen molar-refractivity contribution in [3.05, 3.63) is 26.8 Å². The molecule has 0 unspecified atom stereocenters. The number of aromatic nitrogens is 3. The Morgan fingerprint density at radius 3 is 2.05 bits per heavy atom. The first kappa shape index (κ1) is 14.6. The minimum absolute atomic E-state index is 0.0299. The molecule has 9 nitrogen and oxygen atoms in total. The maximum Gasteiger partial charge on any atom is 0.350 e. The van der Waals surface area contributed by atoms with Crippen LogP contribution in [0.15, 0.2) is 9.59 Å². The van der Waals surface area contributed by atoms with Crippen molar-refractivity contribution in [3.63, 3.8) is 0 Å². The highest BCUT2D eigenvalue weighted by Crippen LogP contribution is 2.13. The molecule has 19 heavy (non-hydrogen) atoms. The average molecular weight is 271 g/mol. The lowest BCUT2D eigenvalue weighted by atomic mass is 10.1. The Kier molecular flexibility index (Phi) is 4.98. The van der Waals surface area contributed by atoms with Crippen molar-refractivity contribution in [2.45, 2.75) is 19.8 Å². The third kappa shape index (κ3) is 3.76. The largest absolute Gasteiger partial charge is 0.465 e. The molecule has 0 aliphatic heterocycles. The molecule has 1 rings (SSSR count). The van der Waals surface area contributed by atoms with Gasteiger partial charge >= 0.3 is 23.3 Å². The summed E-state index contributed by atoms with van der Waals surface area (Å²) in [6.07, 6.45) is 0. The van der Waals surface area contributed by atoms with Crippen LogP contribution in [0.2, 0.25) is 0 Å². The Bertz CT molecular complexity index is 529. The molecule has 0 aliphatic rings. The van der Waals surface area contributed by atoms with E-state index in [1.165, 1.54) is 0 Å². The molecule has 0 atom stereocenters. The van der Waals surface area contributed by atoms with E-state index in [9.17, 15) is 19.2 Å². The smallest absolute Gasteiger partial charge is 0.350 e. The molecule has 0 spiro atoms. The predicted octanol–water partition coefficient (Wildman–Crippen LogP) is -1.33. The standard InChI is InChI=1S/C10H13N3O6/c1-3-18-7(14)5(8(15)19-4-2)6-11-9(16)13-10(17)12-6/h5H,3-4H2,1-2H3,(H2,11,12,13,16,17). The van der Waals surface area contributed by atoms with Gasteiger partial charge in [0.1, 0.15) is 5.82 Å². The van der Waals surface area contributed by atoms with E-state index >= 15 is 0 Å². The molecule has 0 amide bonds. The lowest BCUT2D eigenvalue weighted by molar-refractivity contribution is -0.157. The number of aromatic amines is 2. The number of nitrogens with zero attached hydrogens (tertiary/aromatic N) is 1. The maximum absolute atomic E-state index is 11.7. The first-order chi connectivity index (χ1) is 8.99. The number of H-pyrrole nitrogens is 2. The molecule has 0 saturated heterocycles. The van der Waals surface area contributed by atoms with Gasteiger partial charge in [0.25, 0.3) is 0 Å². The Hall–Kier alpha value is -2.45. The van der Waals surface area contributed by atoms with Crippen molar-refractivity contribution in [2.75, 3.05) is 13.2 Å². The van der Waals surface area contributed by atoms with Crippen LogP contribution in [0.4, 0.5) is 0 Å². The van der Waals surface area contributed by atoms with Crippen molar-refractivity contribution in [3.8, 4) is 0 Å². The molecule has 104 valence electrons.